The molecule has 0 spiro atoms. The first-order valence-electron chi connectivity index (χ1n) is 11.5. The van der Waals surface area contributed by atoms with Crippen LogP contribution in [0.3, 0.4) is 0 Å². The molecule has 0 bridgehead atoms. The highest BCUT2D eigenvalue weighted by atomic mass is 15.3. The van der Waals surface area contributed by atoms with Crippen molar-refractivity contribution in [2.24, 2.45) is 0 Å². The number of hydrogen-bond acceptors (Lipinski definition) is 2. The highest BCUT2D eigenvalue weighted by molar-refractivity contribution is 5.19. The minimum Gasteiger partial charge on any atom is -0.359 e. The van der Waals surface area contributed by atoms with E-state index in [9.17, 15) is 0 Å². The van der Waals surface area contributed by atoms with Crippen molar-refractivity contribution in [3.63, 3.8) is 0 Å². The molecule has 2 nitrogen and oxygen atoms in total. The fourth-order valence-electron chi connectivity index (χ4n) is 3.36. The standard InChI is InChI=1S/C25H44N2/c1-5-9-20-26(21-10-6-2)25(19-18-24-16-14-13-15-17-24)27(22-11-7-3)23-12-8-4/h13-17,19H,5-12,18,20-23H2,1-4H3. The van der Waals surface area contributed by atoms with E-state index >= 15 is 0 Å². The van der Waals surface area contributed by atoms with Gasteiger partial charge in [-0.05, 0) is 43.7 Å². The van der Waals surface area contributed by atoms with E-state index in [1.165, 1.54) is 88.9 Å². The molecule has 0 atom stereocenters. The SMILES string of the molecule is CCCCN(CCCC)C(=CCc1ccccc1)N(CCCC)CCCC. The number of rotatable bonds is 16. The summed E-state index contributed by atoms with van der Waals surface area (Å²) in [5, 5.41) is 0. The molecule has 2 heteroatoms. The average Bonchev–Trinajstić information content (AvgIpc) is 2.71. The summed E-state index contributed by atoms with van der Waals surface area (Å²) in [5.74, 6) is 1.49. The van der Waals surface area contributed by atoms with Gasteiger partial charge in [0.25, 0.3) is 0 Å². The minimum absolute atomic E-state index is 1.03. The van der Waals surface area contributed by atoms with E-state index in [1.807, 2.05) is 0 Å². The van der Waals surface area contributed by atoms with Crippen molar-refractivity contribution in [3.8, 4) is 0 Å². The van der Waals surface area contributed by atoms with Gasteiger partial charge in [-0.1, -0.05) is 83.7 Å². The Bertz CT molecular complexity index is 442. The Labute approximate surface area is 169 Å². The first kappa shape index (κ1) is 23.6. The van der Waals surface area contributed by atoms with E-state index in [0.717, 1.165) is 6.42 Å². The maximum Gasteiger partial charge on any atom is 0.100 e. The van der Waals surface area contributed by atoms with E-state index in [4.69, 9.17) is 0 Å². The van der Waals surface area contributed by atoms with Gasteiger partial charge in [-0.15, -0.1) is 0 Å². The Morgan fingerprint density at radius 2 is 1.07 bits per heavy atom. The predicted molar refractivity (Wildman–Crippen MR) is 121 cm³/mol. The van der Waals surface area contributed by atoms with Gasteiger partial charge >= 0.3 is 0 Å². The van der Waals surface area contributed by atoms with E-state index in [-0.39, 0.29) is 0 Å². The second-order valence-electron chi connectivity index (χ2n) is 7.64. The molecule has 0 radical (unpaired) electrons. The molecule has 27 heavy (non-hydrogen) atoms. The number of nitrogens with zero attached hydrogens (tertiary/aromatic N) is 2. The van der Waals surface area contributed by atoms with Gasteiger partial charge in [0.2, 0.25) is 0 Å². The fraction of sp³-hybridized carbons (Fsp3) is 0.680. The van der Waals surface area contributed by atoms with Gasteiger partial charge in [-0.3, -0.25) is 0 Å². The number of hydrogen-bond donors (Lipinski definition) is 0. The molecule has 0 saturated carbocycles. The van der Waals surface area contributed by atoms with Crippen molar-refractivity contribution >= 4 is 0 Å². The zero-order chi connectivity index (χ0) is 19.7. The molecule has 0 heterocycles. The van der Waals surface area contributed by atoms with Crippen LogP contribution in [0.4, 0.5) is 0 Å². The van der Waals surface area contributed by atoms with Crippen LogP contribution >= 0.6 is 0 Å². The summed E-state index contributed by atoms with van der Waals surface area (Å²) in [4.78, 5) is 5.36. The van der Waals surface area contributed by atoms with Crippen LogP contribution in [0.5, 0.6) is 0 Å². The minimum atomic E-state index is 1.03. The first-order chi connectivity index (χ1) is 13.3. The average molecular weight is 373 g/mol. The molecule has 0 aromatic heterocycles. The summed E-state index contributed by atoms with van der Waals surface area (Å²) < 4.78 is 0. The summed E-state index contributed by atoms with van der Waals surface area (Å²) >= 11 is 0. The molecular formula is C25H44N2. The molecule has 1 aromatic rings. The smallest absolute Gasteiger partial charge is 0.100 e. The van der Waals surface area contributed by atoms with Gasteiger partial charge in [0.05, 0.1) is 0 Å². The second-order valence-corrected chi connectivity index (χ2v) is 7.64. The van der Waals surface area contributed by atoms with Crippen molar-refractivity contribution in [2.45, 2.75) is 85.5 Å². The highest BCUT2D eigenvalue weighted by Crippen LogP contribution is 2.17. The first-order valence-corrected chi connectivity index (χ1v) is 11.5. The maximum absolute atomic E-state index is 2.68. The fourth-order valence-corrected chi connectivity index (χ4v) is 3.36. The van der Waals surface area contributed by atoms with Crippen LogP contribution in [0.1, 0.15) is 84.6 Å². The Balaban J connectivity index is 3.06. The van der Waals surface area contributed by atoms with E-state index in [1.54, 1.807) is 0 Å². The van der Waals surface area contributed by atoms with E-state index < -0.39 is 0 Å². The molecule has 0 unspecified atom stereocenters. The Morgan fingerprint density at radius 3 is 1.44 bits per heavy atom. The van der Waals surface area contributed by atoms with Crippen molar-refractivity contribution in [3.05, 3.63) is 47.8 Å². The van der Waals surface area contributed by atoms with Gasteiger partial charge in [0, 0.05) is 26.2 Å². The third kappa shape index (κ3) is 9.89. The number of unbranched alkanes of at least 4 members (excludes halogenated alkanes) is 4. The zero-order valence-corrected chi connectivity index (χ0v) is 18.6. The summed E-state index contributed by atoms with van der Waals surface area (Å²) in [5.41, 5.74) is 1.41. The van der Waals surface area contributed by atoms with Crippen molar-refractivity contribution in [1.82, 2.24) is 9.80 Å². The predicted octanol–water partition coefficient (Wildman–Crippen LogP) is 6.87. The summed E-state index contributed by atoms with van der Waals surface area (Å²) in [6.45, 7) is 14.0. The van der Waals surface area contributed by atoms with Crippen LogP contribution in [0, 0.1) is 0 Å². The van der Waals surface area contributed by atoms with Gasteiger partial charge in [-0.25, -0.2) is 0 Å². The van der Waals surface area contributed by atoms with Gasteiger partial charge < -0.3 is 9.80 Å². The Morgan fingerprint density at radius 1 is 0.667 bits per heavy atom. The molecule has 1 aromatic carbocycles. The molecule has 0 aliphatic rings. The lowest BCUT2D eigenvalue weighted by Crippen LogP contribution is -2.38. The summed E-state index contributed by atoms with van der Waals surface area (Å²) in [6.07, 6.45) is 13.7. The maximum atomic E-state index is 2.68. The molecule has 0 N–H and O–H groups in total. The molecule has 1 rings (SSSR count). The molecule has 0 aliphatic heterocycles. The van der Waals surface area contributed by atoms with Crippen LogP contribution in [-0.2, 0) is 6.42 Å². The lowest BCUT2D eigenvalue weighted by atomic mass is 10.1. The quantitative estimate of drug-likeness (QED) is 0.312. The third-order valence-electron chi connectivity index (χ3n) is 5.14. The third-order valence-corrected chi connectivity index (χ3v) is 5.14. The zero-order valence-electron chi connectivity index (χ0n) is 18.6. The monoisotopic (exact) mass is 372 g/mol. The number of benzene rings is 1. The van der Waals surface area contributed by atoms with Gasteiger partial charge in [-0.2, -0.15) is 0 Å². The van der Waals surface area contributed by atoms with Crippen LogP contribution in [0.2, 0.25) is 0 Å². The second kappa shape index (κ2) is 15.6. The normalized spacial score (nSPS) is 10.7. The van der Waals surface area contributed by atoms with Crippen molar-refractivity contribution in [1.29, 1.82) is 0 Å². The largest absolute Gasteiger partial charge is 0.359 e. The van der Waals surface area contributed by atoms with Crippen molar-refractivity contribution in [2.75, 3.05) is 26.2 Å². The Kier molecular flexibility index (Phi) is 13.6. The lowest BCUT2D eigenvalue weighted by molar-refractivity contribution is 0.198. The Hall–Kier alpha value is -1.44. The van der Waals surface area contributed by atoms with Crippen LogP contribution in [0.15, 0.2) is 42.2 Å². The van der Waals surface area contributed by atoms with Crippen molar-refractivity contribution < 1.29 is 0 Å². The summed E-state index contributed by atoms with van der Waals surface area (Å²) in [7, 11) is 0. The molecule has 0 fully saturated rings. The highest BCUT2D eigenvalue weighted by Gasteiger charge is 2.16. The van der Waals surface area contributed by atoms with Gasteiger partial charge in [0.1, 0.15) is 5.82 Å². The molecular weight excluding hydrogens is 328 g/mol. The van der Waals surface area contributed by atoms with E-state index in [0.29, 0.717) is 0 Å². The number of allylic oxidation sites excluding steroid dienone is 1. The van der Waals surface area contributed by atoms with Crippen LogP contribution in [0.25, 0.3) is 0 Å². The molecule has 0 amide bonds. The van der Waals surface area contributed by atoms with Crippen LogP contribution < -0.4 is 0 Å². The summed E-state index contributed by atoms with van der Waals surface area (Å²) in [6, 6.07) is 10.9. The van der Waals surface area contributed by atoms with E-state index in [2.05, 4.69) is 73.9 Å². The molecule has 154 valence electrons. The topological polar surface area (TPSA) is 6.48 Å². The van der Waals surface area contributed by atoms with Gasteiger partial charge in [0.15, 0.2) is 0 Å². The molecule has 0 saturated heterocycles. The molecule has 0 aliphatic carbocycles. The van der Waals surface area contributed by atoms with Crippen LogP contribution in [-0.4, -0.2) is 36.0 Å². The lowest BCUT2D eigenvalue weighted by Gasteiger charge is -2.37.